The van der Waals surface area contributed by atoms with Gasteiger partial charge in [-0.15, -0.1) is 11.8 Å². The Morgan fingerprint density at radius 3 is 1.76 bits per heavy atom. The monoisotopic (exact) mass is 294 g/mol. The third-order valence-corrected chi connectivity index (χ3v) is 3.69. The third kappa shape index (κ3) is 17.0. The number of rotatable bonds is 13. The number of carbonyl (C=O) groups is 1. The van der Waals surface area contributed by atoms with E-state index in [0.29, 0.717) is 6.42 Å². The molecule has 0 spiro atoms. The van der Waals surface area contributed by atoms with Crippen LogP contribution in [0, 0.1) is 11.8 Å². The fourth-order valence-electron chi connectivity index (χ4n) is 2.29. The van der Waals surface area contributed by atoms with Gasteiger partial charge in [-0.25, -0.2) is 0 Å². The summed E-state index contributed by atoms with van der Waals surface area (Å²) in [7, 11) is 1.45. The molecule has 0 radical (unpaired) electrons. The molecule has 0 aromatic rings. The Morgan fingerprint density at radius 1 is 0.762 bits per heavy atom. The van der Waals surface area contributed by atoms with Gasteiger partial charge in [0, 0.05) is 19.3 Å². The molecule has 2 nitrogen and oxygen atoms in total. The van der Waals surface area contributed by atoms with E-state index in [9.17, 15) is 4.79 Å². The Balaban J connectivity index is 3.13. The fraction of sp³-hybridized carbons (Fsp3) is 0.842. The molecule has 0 atom stereocenters. The lowest BCUT2D eigenvalue weighted by atomic mass is 10.1. The first kappa shape index (κ1) is 20.0. The summed E-state index contributed by atoms with van der Waals surface area (Å²) in [5.41, 5.74) is 0. The van der Waals surface area contributed by atoms with Crippen molar-refractivity contribution in [3.63, 3.8) is 0 Å². The summed E-state index contributed by atoms with van der Waals surface area (Å²) in [4.78, 5) is 10.9. The van der Waals surface area contributed by atoms with Crippen LogP contribution in [0.2, 0.25) is 0 Å². The van der Waals surface area contributed by atoms with Crippen molar-refractivity contribution in [2.24, 2.45) is 0 Å². The molecular weight excluding hydrogens is 260 g/mol. The molecule has 0 fully saturated rings. The number of esters is 1. The minimum Gasteiger partial charge on any atom is -0.469 e. The summed E-state index contributed by atoms with van der Waals surface area (Å²) in [6, 6.07) is 0. The van der Waals surface area contributed by atoms with Crippen LogP contribution in [0.15, 0.2) is 0 Å². The van der Waals surface area contributed by atoms with Crippen LogP contribution in [-0.4, -0.2) is 13.1 Å². The number of methoxy groups -OCH3 is 1. The summed E-state index contributed by atoms with van der Waals surface area (Å²) in [5.74, 6) is 6.50. The largest absolute Gasteiger partial charge is 0.469 e. The van der Waals surface area contributed by atoms with Crippen molar-refractivity contribution in [1.82, 2.24) is 0 Å². The zero-order valence-electron chi connectivity index (χ0n) is 14.2. The van der Waals surface area contributed by atoms with Gasteiger partial charge in [-0.2, -0.15) is 0 Å². The van der Waals surface area contributed by atoms with E-state index in [1.54, 1.807) is 0 Å². The minimum absolute atomic E-state index is 0.0834. The standard InChI is InChI=1S/C19H34O2/c1-3-4-5-6-7-8-9-10-11-12-13-14-15-16-17-18-19(20)21-2/h3-8,11-18H2,1-2H3. The van der Waals surface area contributed by atoms with Crippen LogP contribution in [0.25, 0.3) is 0 Å². The predicted molar refractivity (Wildman–Crippen MR) is 90.1 cm³/mol. The van der Waals surface area contributed by atoms with E-state index in [1.807, 2.05) is 0 Å². The van der Waals surface area contributed by atoms with Crippen molar-refractivity contribution in [3.05, 3.63) is 0 Å². The second kappa shape index (κ2) is 17.1. The van der Waals surface area contributed by atoms with Gasteiger partial charge in [0.15, 0.2) is 0 Å². The quantitative estimate of drug-likeness (QED) is 0.249. The first-order valence-electron chi connectivity index (χ1n) is 8.83. The Bertz CT molecular complexity index is 286. The highest BCUT2D eigenvalue weighted by atomic mass is 16.5. The molecular formula is C19H34O2. The topological polar surface area (TPSA) is 26.3 Å². The van der Waals surface area contributed by atoms with Gasteiger partial charge in [0.25, 0.3) is 0 Å². The average molecular weight is 294 g/mol. The highest BCUT2D eigenvalue weighted by molar-refractivity contribution is 5.68. The van der Waals surface area contributed by atoms with E-state index in [2.05, 4.69) is 23.5 Å². The number of hydrogen-bond donors (Lipinski definition) is 0. The zero-order valence-corrected chi connectivity index (χ0v) is 14.2. The first-order chi connectivity index (χ1) is 10.3. The molecule has 0 saturated heterocycles. The van der Waals surface area contributed by atoms with Gasteiger partial charge in [-0.05, 0) is 19.3 Å². The lowest BCUT2D eigenvalue weighted by Gasteiger charge is -2.00. The van der Waals surface area contributed by atoms with Gasteiger partial charge in [-0.1, -0.05) is 58.3 Å². The highest BCUT2D eigenvalue weighted by Gasteiger charge is 1.98. The zero-order chi connectivity index (χ0) is 15.6. The minimum atomic E-state index is -0.0834. The van der Waals surface area contributed by atoms with Gasteiger partial charge >= 0.3 is 5.97 Å². The number of hydrogen-bond acceptors (Lipinski definition) is 2. The van der Waals surface area contributed by atoms with Crippen molar-refractivity contribution in [1.29, 1.82) is 0 Å². The summed E-state index contributed by atoms with van der Waals surface area (Å²) in [6.07, 6.45) is 16.4. The summed E-state index contributed by atoms with van der Waals surface area (Å²) >= 11 is 0. The molecule has 0 unspecified atom stereocenters. The molecule has 0 N–H and O–H groups in total. The van der Waals surface area contributed by atoms with Gasteiger partial charge in [-0.3, -0.25) is 4.79 Å². The Labute approximate surface area is 132 Å². The lowest BCUT2D eigenvalue weighted by molar-refractivity contribution is -0.140. The van der Waals surface area contributed by atoms with Crippen LogP contribution >= 0.6 is 0 Å². The van der Waals surface area contributed by atoms with Crippen LogP contribution in [0.3, 0.4) is 0 Å². The van der Waals surface area contributed by atoms with Crippen molar-refractivity contribution in [2.75, 3.05) is 7.11 Å². The molecule has 0 heterocycles. The van der Waals surface area contributed by atoms with E-state index in [4.69, 9.17) is 0 Å². The van der Waals surface area contributed by atoms with Gasteiger partial charge in [0.1, 0.15) is 0 Å². The molecule has 21 heavy (non-hydrogen) atoms. The molecule has 0 aromatic carbocycles. The summed E-state index contributed by atoms with van der Waals surface area (Å²) in [6.45, 7) is 2.25. The molecule has 0 aliphatic rings. The maximum Gasteiger partial charge on any atom is 0.305 e. The van der Waals surface area contributed by atoms with E-state index in [1.165, 1.54) is 64.9 Å². The first-order valence-corrected chi connectivity index (χ1v) is 8.83. The SMILES string of the molecule is CCCCCCCC#CCCCCCCCCC(=O)OC. The Hall–Kier alpha value is -0.970. The van der Waals surface area contributed by atoms with Crippen LogP contribution < -0.4 is 0 Å². The van der Waals surface area contributed by atoms with Crippen molar-refractivity contribution in [3.8, 4) is 11.8 Å². The molecule has 0 aliphatic heterocycles. The third-order valence-electron chi connectivity index (χ3n) is 3.69. The predicted octanol–water partition coefficient (Wildman–Crippen LogP) is 5.64. The van der Waals surface area contributed by atoms with Gasteiger partial charge in [0.2, 0.25) is 0 Å². The van der Waals surface area contributed by atoms with Crippen LogP contribution in [0.1, 0.15) is 96.8 Å². The number of ether oxygens (including phenoxy) is 1. The average Bonchev–Trinajstić information content (AvgIpc) is 2.50. The highest BCUT2D eigenvalue weighted by Crippen LogP contribution is 2.09. The van der Waals surface area contributed by atoms with Crippen LogP contribution in [0.4, 0.5) is 0 Å². The van der Waals surface area contributed by atoms with Gasteiger partial charge < -0.3 is 4.74 Å². The van der Waals surface area contributed by atoms with Gasteiger partial charge in [0.05, 0.1) is 7.11 Å². The van der Waals surface area contributed by atoms with Crippen LogP contribution in [-0.2, 0) is 9.53 Å². The van der Waals surface area contributed by atoms with E-state index in [0.717, 1.165) is 25.7 Å². The Kier molecular flexibility index (Phi) is 16.3. The van der Waals surface area contributed by atoms with E-state index >= 15 is 0 Å². The smallest absolute Gasteiger partial charge is 0.305 e. The maximum atomic E-state index is 10.9. The molecule has 0 bridgehead atoms. The molecule has 2 heteroatoms. The van der Waals surface area contributed by atoms with Crippen molar-refractivity contribution >= 4 is 5.97 Å². The van der Waals surface area contributed by atoms with Crippen LogP contribution in [0.5, 0.6) is 0 Å². The van der Waals surface area contributed by atoms with E-state index in [-0.39, 0.29) is 5.97 Å². The number of unbranched alkanes of at least 4 members (excludes halogenated alkanes) is 11. The molecule has 0 rings (SSSR count). The fourth-order valence-corrected chi connectivity index (χ4v) is 2.29. The van der Waals surface area contributed by atoms with Crippen molar-refractivity contribution in [2.45, 2.75) is 96.8 Å². The maximum absolute atomic E-state index is 10.9. The number of carbonyl (C=O) groups excluding carboxylic acids is 1. The summed E-state index contributed by atoms with van der Waals surface area (Å²) < 4.78 is 4.62. The molecule has 0 saturated carbocycles. The lowest BCUT2D eigenvalue weighted by Crippen LogP contribution is -1.99. The summed E-state index contributed by atoms with van der Waals surface area (Å²) in [5, 5.41) is 0. The molecule has 122 valence electrons. The molecule has 0 aromatic heterocycles. The molecule has 0 aliphatic carbocycles. The second-order valence-corrected chi connectivity index (χ2v) is 5.72. The van der Waals surface area contributed by atoms with Crippen molar-refractivity contribution < 1.29 is 9.53 Å². The second-order valence-electron chi connectivity index (χ2n) is 5.72. The van der Waals surface area contributed by atoms with E-state index < -0.39 is 0 Å². The Morgan fingerprint density at radius 2 is 1.24 bits per heavy atom. The normalized spacial score (nSPS) is 10.0. The molecule has 0 amide bonds.